The molecule has 32 heavy (non-hydrogen) atoms. The molecule has 168 valence electrons. The van der Waals surface area contributed by atoms with E-state index in [2.05, 4.69) is 5.32 Å². The van der Waals surface area contributed by atoms with Crippen molar-refractivity contribution in [3.63, 3.8) is 0 Å². The van der Waals surface area contributed by atoms with Crippen LogP contribution < -0.4 is 15.6 Å². The second-order valence-corrected chi connectivity index (χ2v) is 9.59. The van der Waals surface area contributed by atoms with Crippen molar-refractivity contribution in [3.8, 4) is 5.75 Å². The van der Waals surface area contributed by atoms with E-state index in [1.807, 2.05) is 12.1 Å². The molecule has 0 spiro atoms. The molecule has 0 saturated heterocycles. The number of hydrogen-bond donors (Lipinski definition) is 1. The average Bonchev–Trinajstić information content (AvgIpc) is 2.75. The Morgan fingerprint density at radius 2 is 1.69 bits per heavy atom. The average molecular weight is 475 g/mol. The molecule has 1 heterocycles. The molecule has 0 aliphatic heterocycles. The first kappa shape index (κ1) is 23.6. The topological polar surface area (TPSA) is 94.5 Å². The predicted octanol–water partition coefficient (Wildman–Crippen LogP) is 3.28. The SMILES string of the molecule is COc1ccc(CNC(=O)Cn2c(C)cc(C)c(S(=O)(=O)c3ccc(Cl)cc3)c2=O)cc1. The lowest BCUT2D eigenvalue weighted by atomic mass is 10.2. The molecule has 3 rings (SSSR count). The van der Waals surface area contributed by atoms with Crippen LogP contribution in [-0.2, 0) is 27.7 Å². The monoisotopic (exact) mass is 474 g/mol. The largest absolute Gasteiger partial charge is 0.497 e. The molecule has 0 fully saturated rings. The maximum Gasteiger partial charge on any atom is 0.270 e. The van der Waals surface area contributed by atoms with Crippen molar-refractivity contribution in [2.24, 2.45) is 0 Å². The molecule has 0 atom stereocenters. The first-order valence-electron chi connectivity index (χ1n) is 9.75. The quantitative estimate of drug-likeness (QED) is 0.567. The van der Waals surface area contributed by atoms with Gasteiger partial charge in [0.2, 0.25) is 15.7 Å². The van der Waals surface area contributed by atoms with E-state index in [1.165, 1.54) is 28.8 Å². The molecular weight excluding hydrogens is 452 g/mol. The number of benzene rings is 2. The van der Waals surface area contributed by atoms with Gasteiger partial charge in [0.1, 0.15) is 17.2 Å². The number of carbonyl (C=O) groups excluding carboxylic acids is 1. The third-order valence-corrected chi connectivity index (χ3v) is 7.17. The minimum absolute atomic E-state index is 0.0403. The van der Waals surface area contributed by atoms with E-state index in [0.29, 0.717) is 22.0 Å². The smallest absolute Gasteiger partial charge is 0.270 e. The van der Waals surface area contributed by atoms with Crippen LogP contribution in [0.3, 0.4) is 0 Å². The second kappa shape index (κ2) is 9.58. The van der Waals surface area contributed by atoms with Crippen molar-refractivity contribution in [1.82, 2.24) is 9.88 Å². The van der Waals surface area contributed by atoms with Crippen LogP contribution in [0.25, 0.3) is 0 Å². The highest BCUT2D eigenvalue weighted by Gasteiger charge is 2.26. The number of carbonyl (C=O) groups is 1. The van der Waals surface area contributed by atoms with Crippen LogP contribution in [-0.4, -0.2) is 26.0 Å². The van der Waals surface area contributed by atoms with Gasteiger partial charge >= 0.3 is 0 Å². The van der Waals surface area contributed by atoms with Gasteiger partial charge < -0.3 is 14.6 Å². The summed E-state index contributed by atoms with van der Waals surface area (Å²) in [6.45, 7) is 3.18. The number of hydrogen-bond acceptors (Lipinski definition) is 5. The first-order valence-corrected chi connectivity index (χ1v) is 11.6. The highest BCUT2D eigenvalue weighted by atomic mass is 35.5. The van der Waals surface area contributed by atoms with Gasteiger partial charge in [0.25, 0.3) is 5.56 Å². The molecule has 0 aliphatic rings. The number of methoxy groups -OCH3 is 1. The normalized spacial score (nSPS) is 11.2. The molecule has 9 heteroatoms. The van der Waals surface area contributed by atoms with Crippen LogP contribution in [0.4, 0.5) is 0 Å². The van der Waals surface area contributed by atoms with Crippen molar-refractivity contribution in [2.45, 2.75) is 36.7 Å². The molecule has 1 amide bonds. The van der Waals surface area contributed by atoms with Crippen molar-refractivity contribution in [3.05, 3.63) is 86.8 Å². The number of nitrogens with zero attached hydrogens (tertiary/aromatic N) is 1. The molecule has 0 aliphatic carbocycles. The zero-order valence-corrected chi connectivity index (χ0v) is 19.5. The number of ether oxygens (including phenoxy) is 1. The van der Waals surface area contributed by atoms with Gasteiger partial charge in [0.15, 0.2) is 0 Å². The van der Waals surface area contributed by atoms with E-state index in [9.17, 15) is 18.0 Å². The summed E-state index contributed by atoms with van der Waals surface area (Å²) in [5.74, 6) is 0.293. The van der Waals surface area contributed by atoms with Gasteiger partial charge in [0.05, 0.1) is 12.0 Å². The van der Waals surface area contributed by atoms with Gasteiger partial charge in [-0.3, -0.25) is 9.59 Å². The standard InChI is InChI=1S/C23H23ClN2O5S/c1-15-12-16(2)26(14-21(27)25-13-17-4-8-19(31-3)9-5-17)23(28)22(15)32(29,30)20-10-6-18(24)7-11-20/h4-12H,13-14H2,1-3H3,(H,25,27). The van der Waals surface area contributed by atoms with Crippen molar-refractivity contribution in [1.29, 1.82) is 0 Å². The minimum Gasteiger partial charge on any atom is -0.497 e. The number of sulfone groups is 1. The Hall–Kier alpha value is -3.10. The summed E-state index contributed by atoms with van der Waals surface area (Å²) in [5.41, 5.74) is 0.926. The second-order valence-electron chi connectivity index (χ2n) is 7.27. The Bertz CT molecular complexity index is 1300. The number of aromatic nitrogens is 1. The third kappa shape index (κ3) is 5.03. The predicted molar refractivity (Wildman–Crippen MR) is 122 cm³/mol. The Morgan fingerprint density at radius 1 is 1.06 bits per heavy atom. The highest BCUT2D eigenvalue weighted by Crippen LogP contribution is 2.23. The Labute approximate surface area is 191 Å². The number of halogens is 1. The van der Waals surface area contributed by atoms with Crippen molar-refractivity contribution < 1.29 is 17.9 Å². The van der Waals surface area contributed by atoms with Crippen LogP contribution in [0.5, 0.6) is 5.75 Å². The lowest BCUT2D eigenvalue weighted by molar-refractivity contribution is -0.121. The van der Waals surface area contributed by atoms with E-state index in [4.69, 9.17) is 16.3 Å². The zero-order chi connectivity index (χ0) is 23.5. The molecule has 0 saturated carbocycles. The maximum absolute atomic E-state index is 13.1. The fraction of sp³-hybridized carbons (Fsp3) is 0.217. The molecule has 0 unspecified atom stereocenters. The van der Waals surface area contributed by atoms with Crippen LogP contribution in [0.15, 0.2) is 69.2 Å². The van der Waals surface area contributed by atoms with Crippen LogP contribution in [0, 0.1) is 13.8 Å². The summed E-state index contributed by atoms with van der Waals surface area (Å²) in [6, 6.07) is 14.4. The zero-order valence-electron chi connectivity index (χ0n) is 17.9. The molecule has 1 aromatic heterocycles. The van der Waals surface area contributed by atoms with E-state index in [0.717, 1.165) is 5.56 Å². The summed E-state index contributed by atoms with van der Waals surface area (Å²) in [6.07, 6.45) is 0. The van der Waals surface area contributed by atoms with E-state index < -0.39 is 21.3 Å². The minimum atomic E-state index is -4.09. The summed E-state index contributed by atoms with van der Waals surface area (Å²) < 4.78 is 32.5. The molecule has 0 bridgehead atoms. The van der Waals surface area contributed by atoms with Gasteiger partial charge in [-0.15, -0.1) is 0 Å². The maximum atomic E-state index is 13.1. The molecule has 1 N–H and O–H groups in total. The van der Waals surface area contributed by atoms with Crippen LogP contribution in [0.2, 0.25) is 5.02 Å². The molecular formula is C23H23ClN2O5S. The highest BCUT2D eigenvalue weighted by molar-refractivity contribution is 7.91. The lowest BCUT2D eigenvalue weighted by Gasteiger charge is -2.15. The van der Waals surface area contributed by atoms with Crippen molar-refractivity contribution >= 4 is 27.3 Å². The van der Waals surface area contributed by atoms with Gasteiger partial charge in [-0.1, -0.05) is 23.7 Å². The summed E-state index contributed by atoms with van der Waals surface area (Å²) in [5, 5.41) is 3.13. The van der Waals surface area contributed by atoms with Crippen molar-refractivity contribution in [2.75, 3.05) is 7.11 Å². The van der Waals surface area contributed by atoms with E-state index in [-0.39, 0.29) is 22.9 Å². The third-order valence-electron chi connectivity index (χ3n) is 4.99. The molecule has 2 aromatic carbocycles. The summed E-state index contributed by atoms with van der Waals surface area (Å²) >= 11 is 5.85. The molecule has 0 radical (unpaired) electrons. The van der Waals surface area contributed by atoms with Crippen LogP contribution >= 0.6 is 11.6 Å². The molecule has 3 aromatic rings. The van der Waals surface area contributed by atoms with Gasteiger partial charge in [-0.05, 0) is 67.4 Å². The number of amides is 1. The lowest BCUT2D eigenvalue weighted by Crippen LogP contribution is -2.35. The van der Waals surface area contributed by atoms with E-state index in [1.54, 1.807) is 39.2 Å². The van der Waals surface area contributed by atoms with Gasteiger partial charge in [-0.25, -0.2) is 8.42 Å². The number of nitrogens with one attached hydrogen (secondary N) is 1. The van der Waals surface area contributed by atoms with Gasteiger partial charge in [0, 0.05) is 17.3 Å². The molecule has 7 nitrogen and oxygen atoms in total. The Morgan fingerprint density at radius 3 is 2.28 bits per heavy atom. The first-order chi connectivity index (χ1) is 15.1. The number of rotatable bonds is 7. The van der Waals surface area contributed by atoms with E-state index >= 15 is 0 Å². The fourth-order valence-corrected chi connectivity index (χ4v) is 4.99. The summed E-state index contributed by atoms with van der Waals surface area (Å²) in [7, 11) is -2.52. The number of pyridine rings is 1. The van der Waals surface area contributed by atoms with Gasteiger partial charge in [-0.2, -0.15) is 0 Å². The Kier molecular flexibility index (Phi) is 7.06. The summed E-state index contributed by atoms with van der Waals surface area (Å²) in [4.78, 5) is 25.3. The van der Waals surface area contributed by atoms with Crippen LogP contribution in [0.1, 0.15) is 16.8 Å². The Balaban J connectivity index is 1.86. The number of aryl methyl sites for hydroxylation is 2. The fourth-order valence-electron chi connectivity index (χ4n) is 3.31.